The summed E-state index contributed by atoms with van der Waals surface area (Å²) in [7, 11) is 0. The van der Waals surface area contributed by atoms with Gasteiger partial charge in [-0.05, 0) is 36.7 Å². The summed E-state index contributed by atoms with van der Waals surface area (Å²) in [4.78, 5) is 16.5. The summed E-state index contributed by atoms with van der Waals surface area (Å²) >= 11 is 6.89. The van der Waals surface area contributed by atoms with Crippen molar-refractivity contribution in [2.75, 3.05) is 32.7 Å². The highest BCUT2D eigenvalue weighted by molar-refractivity contribution is 7.80. The van der Waals surface area contributed by atoms with E-state index in [1.54, 1.807) is 16.2 Å². The van der Waals surface area contributed by atoms with Crippen molar-refractivity contribution in [3.8, 4) is 0 Å². The molecule has 6 heteroatoms. The van der Waals surface area contributed by atoms with Gasteiger partial charge in [0.1, 0.15) is 0 Å². The molecule has 0 spiro atoms. The van der Waals surface area contributed by atoms with Gasteiger partial charge >= 0.3 is 0 Å². The number of carbonyl (C=O) groups excluding carboxylic acids is 1. The second-order valence-electron chi connectivity index (χ2n) is 4.73. The summed E-state index contributed by atoms with van der Waals surface area (Å²) in [5.74, 6) is -0.159. The molecule has 0 unspecified atom stereocenters. The average Bonchev–Trinajstić information content (AvgIpc) is 2.98. The fraction of sp³-hybridized carbons (Fsp3) is 0.429. The minimum Gasteiger partial charge on any atom is -0.338 e. The van der Waals surface area contributed by atoms with E-state index in [0.717, 1.165) is 37.6 Å². The zero-order valence-electron chi connectivity index (χ0n) is 11.6. The number of quaternary nitrogens is 1. The highest BCUT2D eigenvalue weighted by atomic mass is 32.1. The van der Waals surface area contributed by atoms with E-state index >= 15 is 0 Å². The van der Waals surface area contributed by atoms with Gasteiger partial charge in [0, 0.05) is 11.0 Å². The number of nitrogens with zero attached hydrogens (tertiary/aromatic N) is 1. The standard InChI is InChI=1S/C14H19N3OS2/c1-2-16-7-9-17(10-8-16)14(19)15-13(18)6-5-12-4-3-11-20-12/h3-6,11H,2,7-10H2,1H3,(H,15,18,19)/p+1/b6-5+. The molecule has 0 radical (unpaired) electrons. The van der Waals surface area contributed by atoms with Crippen molar-refractivity contribution in [2.24, 2.45) is 0 Å². The van der Waals surface area contributed by atoms with Crippen LogP contribution in [0, 0.1) is 0 Å². The van der Waals surface area contributed by atoms with Crippen molar-refractivity contribution in [3.63, 3.8) is 0 Å². The summed E-state index contributed by atoms with van der Waals surface area (Å²) in [6.45, 7) is 7.33. The van der Waals surface area contributed by atoms with Gasteiger partial charge in [-0.3, -0.25) is 10.1 Å². The smallest absolute Gasteiger partial charge is 0.250 e. The first kappa shape index (κ1) is 15.2. The summed E-state index contributed by atoms with van der Waals surface area (Å²) < 4.78 is 0. The van der Waals surface area contributed by atoms with Gasteiger partial charge in [-0.15, -0.1) is 11.3 Å². The molecular formula is C14H20N3OS2+. The third kappa shape index (κ3) is 4.40. The molecule has 1 aliphatic heterocycles. The molecule has 4 nitrogen and oxygen atoms in total. The quantitative estimate of drug-likeness (QED) is 0.626. The number of thiophene rings is 1. The van der Waals surface area contributed by atoms with Crippen LogP contribution in [0.4, 0.5) is 0 Å². The molecule has 1 aliphatic rings. The van der Waals surface area contributed by atoms with E-state index in [9.17, 15) is 4.79 Å². The first-order chi connectivity index (χ1) is 9.69. The Morgan fingerprint density at radius 1 is 1.55 bits per heavy atom. The molecule has 1 aromatic rings. The van der Waals surface area contributed by atoms with Gasteiger partial charge in [0.25, 0.3) is 0 Å². The fourth-order valence-electron chi connectivity index (χ4n) is 2.15. The normalized spacial score (nSPS) is 16.6. The number of hydrogen-bond donors (Lipinski definition) is 2. The molecule has 1 saturated heterocycles. The molecule has 0 aromatic carbocycles. The molecule has 2 N–H and O–H groups in total. The van der Waals surface area contributed by atoms with Crippen LogP contribution in [0.2, 0.25) is 0 Å². The van der Waals surface area contributed by atoms with Crippen LogP contribution in [0.15, 0.2) is 23.6 Å². The Kier molecular flexibility index (Phi) is 5.70. The molecule has 2 heterocycles. The first-order valence-electron chi connectivity index (χ1n) is 6.84. The predicted molar refractivity (Wildman–Crippen MR) is 86.9 cm³/mol. The van der Waals surface area contributed by atoms with Crippen LogP contribution in [0.5, 0.6) is 0 Å². The third-order valence-electron chi connectivity index (χ3n) is 3.43. The molecule has 0 saturated carbocycles. The van der Waals surface area contributed by atoms with E-state index in [-0.39, 0.29) is 5.91 Å². The number of nitrogens with one attached hydrogen (secondary N) is 2. The van der Waals surface area contributed by atoms with Crippen LogP contribution in [0.1, 0.15) is 11.8 Å². The monoisotopic (exact) mass is 310 g/mol. The van der Waals surface area contributed by atoms with Gasteiger partial charge in [0.05, 0.1) is 32.7 Å². The Hall–Kier alpha value is -1.24. The average molecular weight is 310 g/mol. The zero-order valence-corrected chi connectivity index (χ0v) is 13.2. The van der Waals surface area contributed by atoms with Crippen LogP contribution in [-0.2, 0) is 4.79 Å². The number of amides is 1. The second kappa shape index (κ2) is 7.52. The number of carbonyl (C=O) groups is 1. The van der Waals surface area contributed by atoms with Crippen LogP contribution < -0.4 is 10.2 Å². The molecule has 2 rings (SSSR count). The minimum absolute atomic E-state index is 0.159. The summed E-state index contributed by atoms with van der Waals surface area (Å²) in [5, 5.41) is 5.30. The van der Waals surface area contributed by atoms with Gasteiger partial charge in [-0.2, -0.15) is 0 Å². The van der Waals surface area contributed by atoms with Crippen molar-refractivity contribution in [1.29, 1.82) is 0 Å². The molecule has 1 amide bonds. The molecule has 108 valence electrons. The van der Waals surface area contributed by atoms with E-state index in [2.05, 4.69) is 17.1 Å². The van der Waals surface area contributed by atoms with Gasteiger partial charge in [-0.1, -0.05) is 6.07 Å². The molecule has 20 heavy (non-hydrogen) atoms. The summed E-state index contributed by atoms with van der Waals surface area (Å²) in [5.41, 5.74) is 0. The van der Waals surface area contributed by atoms with Gasteiger partial charge in [0.2, 0.25) is 5.91 Å². The minimum atomic E-state index is -0.159. The maximum atomic E-state index is 11.8. The van der Waals surface area contributed by atoms with Gasteiger partial charge in [0.15, 0.2) is 5.11 Å². The summed E-state index contributed by atoms with van der Waals surface area (Å²) in [6, 6.07) is 3.93. The Bertz CT molecular complexity index is 477. The van der Waals surface area contributed by atoms with E-state index in [0.29, 0.717) is 5.11 Å². The molecule has 0 bridgehead atoms. The van der Waals surface area contributed by atoms with Crippen molar-refractivity contribution in [2.45, 2.75) is 6.92 Å². The van der Waals surface area contributed by atoms with Crippen LogP contribution in [-0.4, -0.2) is 48.6 Å². The molecular weight excluding hydrogens is 290 g/mol. The Balaban J connectivity index is 1.78. The van der Waals surface area contributed by atoms with Gasteiger partial charge in [-0.25, -0.2) is 0 Å². The lowest BCUT2D eigenvalue weighted by Crippen LogP contribution is -3.14. The number of piperazine rings is 1. The van der Waals surface area contributed by atoms with Crippen LogP contribution in [0.25, 0.3) is 6.08 Å². The summed E-state index contributed by atoms with van der Waals surface area (Å²) in [6.07, 6.45) is 3.34. The van der Waals surface area contributed by atoms with E-state index in [1.807, 2.05) is 23.6 Å². The molecule has 0 atom stereocenters. The predicted octanol–water partition coefficient (Wildman–Crippen LogP) is 0.383. The van der Waals surface area contributed by atoms with Crippen LogP contribution in [0.3, 0.4) is 0 Å². The second-order valence-corrected chi connectivity index (χ2v) is 6.10. The number of rotatable bonds is 3. The first-order valence-corrected chi connectivity index (χ1v) is 8.13. The SMILES string of the molecule is CC[NH+]1CCN(C(=S)NC(=O)/C=C/c2cccs2)CC1. The number of thiocarbonyl (C=S) groups is 1. The lowest BCUT2D eigenvalue weighted by atomic mass is 10.3. The Labute approximate surface area is 129 Å². The molecule has 1 fully saturated rings. The lowest BCUT2D eigenvalue weighted by Gasteiger charge is -2.32. The van der Waals surface area contributed by atoms with Gasteiger partial charge < -0.3 is 9.80 Å². The zero-order chi connectivity index (χ0) is 14.4. The van der Waals surface area contributed by atoms with Crippen molar-refractivity contribution in [1.82, 2.24) is 10.2 Å². The van der Waals surface area contributed by atoms with Crippen molar-refractivity contribution >= 4 is 40.7 Å². The fourth-order valence-corrected chi connectivity index (χ4v) is 3.05. The van der Waals surface area contributed by atoms with E-state index in [4.69, 9.17) is 12.2 Å². The topological polar surface area (TPSA) is 36.8 Å². The maximum Gasteiger partial charge on any atom is 0.250 e. The van der Waals surface area contributed by atoms with E-state index in [1.165, 1.54) is 6.08 Å². The third-order valence-corrected chi connectivity index (χ3v) is 4.63. The van der Waals surface area contributed by atoms with E-state index < -0.39 is 0 Å². The molecule has 0 aliphatic carbocycles. The van der Waals surface area contributed by atoms with Crippen molar-refractivity contribution < 1.29 is 9.69 Å². The Morgan fingerprint density at radius 2 is 2.30 bits per heavy atom. The van der Waals surface area contributed by atoms with Crippen LogP contribution >= 0.6 is 23.6 Å². The Morgan fingerprint density at radius 3 is 2.90 bits per heavy atom. The highest BCUT2D eigenvalue weighted by Gasteiger charge is 2.20. The number of hydrogen-bond acceptors (Lipinski definition) is 3. The largest absolute Gasteiger partial charge is 0.338 e. The number of likely N-dealkylation sites (N-methyl/N-ethyl adjacent to an activating group) is 1. The maximum absolute atomic E-state index is 11.8. The molecule has 1 aromatic heterocycles. The van der Waals surface area contributed by atoms with Crippen molar-refractivity contribution in [3.05, 3.63) is 28.5 Å². The lowest BCUT2D eigenvalue weighted by molar-refractivity contribution is -0.902. The highest BCUT2D eigenvalue weighted by Crippen LogP contribution is 2.09.